The third-order valence-electron chi connectivity index (χ3n) is 7.75. The number of amides is 2. The van der Waals surface area contributed by atoms with Crippen LogP contribution in [-0.2, 0) is 14.9 Å². The van der Waals surface area contributed by atoms with Crippen molar-refractivity contribution in [2.45, 2.75) is 97.9 Å². The molecule has 13 nitrogen and oxygen atoms in total. The van der Waals surface area contributed by atoms with Gasteiger partial charge in [-0.05, 0) is 77.9 Å². The van der Waals surface area contributed by atoms with Crippen molar-refractivity contribution < 1.29 is 33.7 Å². The molecule has 5 rings (SSSR count). The lowest BCUT2D eigenvalue weighted by atomic mass is 9.90. The molecule has 0 aliphatic carbocycles. The Morgan fingerprint density at radius 1 is 0.880 bits per heavy atom. The first kappa shape index (κ1) is 36.1. The molecule has 0 radical (unpaired) electrons. The maximum absolute atomic E-state index is 13.8. The number of ether oxygens (including phenoxy) is 3. The third-order valence-corrected chi connectivity index (χ3v) is 7.75. The Balaban J connectivity index is 1.44. The van der Waals surface area contributed by atoms with Gasteiger partial charge in [-0.3, -0.25) is 0 Å². The van der Waals surface area contributed by atoms with E-state index in [9.17, 15) is 19.5 Å². The van der Waals surface area contributed by atoms with Gasteiger partial charge in [-0.15, -0.1) is 0 Å². The molecule has 0 unspecified atom stereocenters. The maximum atomic E-state index is 13.8. The van der Waals surface area contributed by atoms with Gasteiger partial charge in [-0.1, -0.05) is 32.9 Å². The molecule has 0 atom stereocenters. The van der Waals surface area contributed by atoms with Crippen molar-refractivity contribution in [3.05, 3.63) is 60.4 Å². The molecule has 50 heavy (non-hydrogen) atoms. The van der Waals surface area contributed by atoms with E-state index in [0.29, 0.717) is 65.4 Å². The molecule has 2 aromatic heterocycles. The molecule has 3 heterocycles. The predicted octanol–water partition coefficient (Wildman–Crippen LogP) is 8.17. The average molecular weight is 687 g/mol. The predicted molar refractivity (Wildman–Crippen MR) is 189 cm³/mol. The molecule has 266 valence electrons. The number of likely N-dealkylation sites (tertiary alicyclic amines) is 1. The van der Waals surface area contributed by atoms with Gasteiger partial charge < -0.3 is 24.2 Å². The molecular weight excluding hydrogens is 640 g/mol. The molecule has 2 aromatic carbocycles. The van der Waals surface area contributed by atoms with Gasteiger partial charge in [0.25, 0.3) is 0 Å². The van der Waals surface area contributed by atoms with E-state index in [0.717, 1.165) is 4.68 Å². The van der Waals surface area contributed by atoms with Crippen LogP contribution in [0.5, 0.6) is 5.75 Å². The number of carboxylic acid groups (broad SMARTS) is 1. The van der Waals surface area contributed by atoms with E-state index in [4.69, 9.17) is 19.2 Å². The summed E-state index contributed by atoms with van der Waals surface area (Å²) in [6.45, 7) is 17.8. The van der Waals surface area contributed by atoms with E-state index in [2.05, 4.69) is 10.1 Å². The topological polar surface area (TPSA) is 149 Å². The quantitative estimate of drug-likeness (QED) is 0.218. The Labute approximate surface area is 292 Å². The first-order valence-corrected chi connectivity index (χ1v) is 16.7. The number of nitrogens with zero attached hydrogens (tertiary/aromatic N) is 6. The second kappa shape index (κ2) is 13.6. The van der Waals surface area contributed by atoms with Gasteiger partial charge >= 0.3 is 18.3 Å². The van der Waals surface area contributed by atoms with Crippen LogP contribution in [0, 0.1) is 0 Å². The zero-order valence-corrected chi connectivity index (χ0v) is 30.2. The molecule has 4 aromatic rings. The van der Waals surface area contributed by atoms with Gasteiger partial charge in [0.1, 0.15) is 28.9 Å². The van der Waals surface area contributed by atoms with Gasteiger partial charge in [-0.25, -0.2) is 29.3 Å². The Morgan fingerprint density at radius 2 is 1.56 bits per heavy atom. The number of carbonyl (C=O) groups excluding carboxylic acids is 2. The fourth-order valence-electron chi connectivity index (χ4n) is 5.58. The summed E-state index contributed by atoms with van der Waals surface area (Å²) in [4.78, 5) is 50.7. The second-order valence-electron chi connectivity index (χ2n) is 15.4. The summed E-state index contributed by atoms with van der Waals surface area (Å²) < 4.78 is 18.6. The van der Waals surface area contributed by atoms with Crippen molar-refractivity contribution in [2.75, 3.05) is 18.0 Å². The second-order valence-corrected chi connectivity index (χ2v) is 15.4. The van der Waals surface area contributed by atoms with E-state index in [1.54, 1.807) is 56.1 Å². The fourth-order valence-corrected chi connectivity index (χ4v) is 5.58. The molecular formula is C37H46N6O7. The first-order valence-electron chi connectivity index (χ1n) is 16.7. The van der Waals surface area contributed by atoms with Crippen LogP contribution in [0.25, 0.3) is 22.3 Å². The van der Waals surface area contributed by atoms with Crippen LogP contribution in [0.15, 0.2) is 54.7 Å². The normalized spacial score (nSPS) is 14.4. The Morgan fingerprint density at radius 3 is 2.18 bits per heavy atom. The number of hydrogen-bond donors (Lipinski definition) is 1. The largest absolute Gasteiger partial charge is 0.490 e. The molecule has 1 fully saturated rings. The Kier molecular flexibility index (Phi) is 9.82. The van der Waals surface area contributed by atoms with Crippen LogP contribution in [0.1, 0.15) is 80.8 Å². The van der Waals surface area contributed by atoms with Crippen molar-refractivity contribution in [1.29, 1.82) is 0 Å². The summed E-state index contributed by atoms with van der Waals surface area (Å²) >= 11 is 0. The summed E-state index contributed by atoms with van der Waals surface area (Å²) in [6, 6.07) is 14.0. The standard InChI is InChI=1S/C37H46N6O7/c1-35(2,3)30-27-22-24(13-14-28(27)43(40-30)32(44)45)42(34(47)50-37(7,8)9)29-15-18-38-31(39-29)23-11-10-12-26(21-23)48-25-16-19-41(20-17-25)33(46)49-36(4,5)6/h10-15,18,21-22,25H,16-17,19-20H2,1-9H3,(H,44,45). The smallest absolute Gasteiger partial charge is 0.432 e. The minimum Gasteiger partial charge on any atom is -0.490 e. The SMILES string of the molecule is CC(C)(C)OC(=O)N1CCC(Oc2cccc(-c3nccc(N(C(=O)OC(C)(C)C)c4ccc5c(c4)c(C(C)(C)C)nn5C(=O)O)n3)c2)CC1. The zero-order chi connectivity index (χ0) is 36.6. The highest BCUT2D eigenvalue weighted by molar-refractivity contribution is 5.99. The molecule has 0 spiro atoms. The van der Waals surface area contributed by atoms with Crippen molar-refractivity contribution >= 4 is 40.7 Å². The van der Waals surface area contributed by atoms with Crippen LogP contribution >= 0.6 is 0 Å². The first-order chi connectivity index (χ1) is 23.3. The highest BCUT2D eigenvalue weighted by atomic mass is 16.6. The summed E-state index contributed by atoms with van der Waals surface area (Å²) in [5.74, 6) is 1.25. The lowest BCUT2D eigenvalue weighted by molar-refractivity contribution is 0.0126. The van der Waals surface area contributed by atoms with Crippen LogP contribution in [0.4, 0.5) is 25.9 Å². The number of anilines is 2. The monoisotopic (exact) mass is 686 g/mol. The number of aromatic nitrogens is 4. The molecule has 1 saturated heterocycles. The molecule has 0 saturated carbocycles. The van der Waals surface area contributed by atoms with E-state index in [1.165, 1.54) is 4.90 Å². The van der Waals surface area contributed by atoms with Gasteiger partial charge in [-0.2, -0.15) is 9.78 Å². The van der Waals surface area contributed by atoms with E-state index in [1.807, 2.05) is 65.8 Å². The number of piperidine rings is 1. The van der Waals surface area contributed by atoms with E-state index >= 15 is 0 Å². The van der Waals surface area contributed by atoms with Gasteiger partial charge in [0, 0.05) is 48.5 Å². The van der Waals surface area contributed by atoms with Crippen LogP contribution in [-0.4, -0.2) is 78.4 Å². The number of carbonyl (C=O) groups is 3. The van der Waals surface area contributed by atoms with Crippen molar-refractivity contribution in [2.24, 2.45) is 0 Å². The number of rotatable bonds is 5. The summed E-state index contributed by atoms with van der Waals surface area (Å²) in [7, 11) is 0. The minimum atomic E-state index is -1.21. The molecule has 13 heteroatoms. The molecule has 1 aliphatic heterocycles. The number of benzene rings is 2. The van der Waals surface area contributed by atoms with Crippen LogP contribution in [0.2, 0.25) is 0 Å². The van der Waals surface area contributed by atoms with Crippen LogP contribution < -0.4 is 9.64 Å². The van der Waals surface area contributed by atoms with E-state index < -0.39 is 28.8 Å². The van der Waals surface area contributed by atoms with E-state index in [-0.39, 0.29) is 18.0 Å². The summed E-state index contributed by atoms with van der Waals surface area (Å²) in [5.41, 5.74) is 0.203. The molecule has 0 bridgehead atoms. The van der Waals surface area contributed by atoms with Crippen molar-refractivity contribution in [3.8, 4) is 17.1 Å². The van der Waals surface area contributed by atoms with Crippen LogP contribution in [0.3, 0.4) is 0 Å². The molecule has 1 aliphatic rings. The summed E-state index contributed by atoms with van der Waals surface area (Å²) in [6.07, 6.45) is 0.605. The number of hydrogen-bond acceptors (Lipinski definition) is 9. The molecule has 2 amide bonds. The summed E-state index contributed by atoms with van der Waals surface area (Å²) in [5, 5.41) is 14.8. The maximum Gasteiger partial charge on any atom is 0.432 e. The van der Waals surface area contributed by atoms with Gasteiger partial charge in [0.05, 0.1) is 16.9 Å². The Bertz CT molecular complexity index is 1890. The van der Waals surface area contributed by atoms with Gasteiger partial charge in [0.15, 0.2) is 5.82 Å². The average Bonchev–Trinajstić information content (AvgIpc) is 3.40. The highest BCUT2D eigenvalue weighted by Gasteiger charge is 2.31. The third kappa shape index (κ3) is 8.50. The van der Waals surface area contributed by atoms with Crippen molar-refractivity contribution in [1.82, 2.24) is 24.6 Å². The van der Waals surface area contributed by atoms with Gasteiger partial charge in [0.2, 0.25) is 0 Å². The van der Waals surface area contributed by atoms with Crippen molar-refractivity contribution in [3.63, 3.8) is 0 Å². The Hall–Kier alpha value is -5.20. The number of fused-ring (bicyclic) bond motifs is 1. The highest BCUT2D eigenvalue weighted by Crippen LogP contribution is 2.35. The minimum absolute atomic E-state index is 0.0859. The molecule has 1 N–H and O–H groups in total. The fraction of sp³-hybridized carbons (Fsp3) is 0.459. The lowest BCUT2D eigenvalue weighted by Gasteiger charge is -2.33. The zero-order valence-electron chi connectivity index (χ0n) is 30.2. The lowest BCUT2D eigenvalue weighted by Crippen LogP contribution is -2.44.